The van der Waals surface area contributed by atoms with E-state index >= 15 is 0 Å². The highest BCUT2D eigenvalue weighted by molar-refractivity contribution is 9.12. The standard InChI is InChI=1S/C24H28Br2O5Si/c1-32(2,3)11-5-7-17-13-19-15-20(30-22(27)9-10-25)14-18(29-19)12-16-6-4-8-21(26)23(16)24(28)31-17/h4-6,8,11,17-20H,7,12-15H2,1-3H3/b11-5+/t17-,18-,19-,20+/m0/s1. The Kier molecular flexibility index (Phi) is 8.79. The van der Waals surface area contributed by atoms with Crippen LogP contribution < -0.4 is 0 Å². The predicted octanol–water partition coefficient (Wildman–Crippen LogP) is 5.56. The number of halogens is 2. The van der Waals surface area contributed by atoms with Crippen molar-refractivity contribution in [1.82, 2.24) is 0 Å². The molecule has 1 fully saturated rings. The second kappa shape index (κ2) is 11.1. The van der Waals surface area contributed by atoms with Gasteiger partial charge in [0.15, 0.2) is 0 Å². The van der Waals surface area contributed by atoms with Crippen molar-refractivity contribution in [2.45, 2.75) is 76.2 Å². The molecule has 0 aliphatic carbocycles. The lowest BCUT2D eigenvalue weighted by molar-refractivity contribution is -0.157. The van der Waals surface area contributed by atoms with E-state index in [0.717, 1.165) is 5.56 Å². The molecule has 2 aliphatic rings. The molecule has 8 heteroatoms. The predicted molar refractivity (Wildman–Crippen MR) is 133 cm³/mol. The average molecular weight is 584 g/mol. The minimum atomic E-state index is -1.36. The summed E-state index contributed by atoms with van der Waals surface area (Å²) in [4.78, 5) is 27.5. The number of hydrogen-bond acceptors (Lipinski definition) is 5. The summed E-state index contributed by atoms with van der Waals surface area (Å²) in [6.45, 7) is 6.79. The van der Waals surface area contributed by atoms with Crippen molar-refractivity contribution in [3.05, 3.63) is 45.6 Å². The second-order valence-electron chi connectivity index (χ2n) is 9.34. The maximum Gasteiger partial charge on any atom is 0.385 e. The van der Waals surface area contributed by atoms with Crippen LogP contribution in [0.25, 0.3) is 0 Å². The SMILES string of the molecule is C[Si](C)(C)/C=C/C[C@H]1C[C@H]2C[C@H](OC(=O)C#CBr)C[C@H](Cc3cccc(Br)c3C(=O)O1)O2. The highest BCUT2D eigenvalue weighted by Crippen LogP contribution is 2.32. The van der Waals surface area contributed by atoms with Crippen molar-refractivity contribution >= 4 is 51.9 Å². The molecule has 0 aromatic heterocycles. The van der Waals surface area contributed by atoms with E-state index in [-0.39, 0.29) is 30.4 Å². The Bertz CT molecular complexity index is 944. The van der Waals surface area contributed by atoms with Gasteiger partial charge in [0.1, 0.15) is 12.2 Å². The van der Waals surface area contributed by atoms with Gasteiger partial charge in [-0.2, -0.15) is 0 Å². The van der Waals surface area contributed by atoms with Crippen LogP contribution in [0, 0.1) is 10.8 Å². The number of carbonyl (C=O) groups is 2. The Morgan fingerprint density at radius 1 is 1.25 bits per heavy atom. The summed E-state index contributed by atoms with van der Waals surface area (Å²) in [5.41, 5.74) is 3.66. The molecule has 1 aromatic carbocycles. The van der Waals surface area contributed by atoms with Crippen molar-refractivity contribution in [2.75, 3.05) is 0 Å². The normalized spacial score (nSPS) is 25.8. The minimum Gasteiger partial charge on any atom is -0.458 e. The van der Waals surface area contributed by atoms with Crippen LogP contribution in [0.1, 0.15) is 41.6 Å². The molecule has 3 rings (SSSR count). The van der Waals surface area contributed by atoms with E-state index < -0.39 is 14.0 Å². The van der Waals surface area contributed by atoms with Crippen molar-refractivity contribution in [1.29, 1.82) is 0 Å². The molecule has 1 aromatic rings. The molecular weight excluding hydrogens is 556 g/mol. The summed E-state index contributed by atoms with van der Waals surface area (Å²) >= 11 is 6.46. The molecule has 0 amide bonds. The van der Waals surface area contributed by atoms with Gasteiger partial charge >= 0.3 is 11.9 Å². The van der Waals surface area contributed by atoms with Gasteiger partial charge in [-0.05, 0) is 38.8 Å². The van der Waals surface area contributed by atoms with Gasteiger partial charge in [-0.3, -0.25) is 0 Å². The molecule has 1 saturated heterocycles. The van der Waals surface area contributed by atoms with Crippen molar-refractivity contribution in [3.63, 3.8) is 0 Å². The maximum atomic E-state index is 13.1. The summed E-state index contributed by atoms with van der Waals surface area (Å²) in [6, 6.07) is 5.67. The van der Waals surface area contributed by atoms with Crippen LogP contribution in [0.4, 0.5) is 0 Å². The van der Waals surface area contributed by atoms with Crippen LogP contribution in [0.2, 0.25) is 19.6 Å². The summed E-state index contributed by atoms with van der Waals surface area (Å²) < 4.78 is 18.7. The van der Waals surface area contributed by atoms with Crippen LogP contribution in [0.15, 0.2) is 34.4 Å². The molecule has 172 valence electrons. The van der Waals surface area contributed by atoms with Crippen LogP contribution >= 0.6 is 31.9 Å². The molecule has 0 N–H and O–H groups in total. The summed E-state index contributed by atoms with van der Waals surface area (Å²) in [6.07, 6.45) is 4.02. The Morgan fingerprint density at radius 3 is 2.72 bits per heavy atom. The highest BCUT2D eigenvalue weighted by atomic mass is 79.9. The molecule has 32 heavy (non-hydrogen) atoms. The number of cyclic esters (lactones) is 1. The van der Waals surface area contributed by atoms with E-state index in [9.17, 15) is 9.59 Å². The fourth-order valence-corrected chi connectivity index (χ4v) is 5.72. The van der Waals surface area contributed by atoms with Crippen molar-refractivity contribution < 1.29 is 23.8 Å². The van der Waals surface area contributed by atoms with E-state index in [0.29, 0.717) is 42.1 Å². The first kappa shape index (κ1) is 25.2. The first-order valence-electron chi connectivity index (χ1n) is 10.8. The van der Waals surface area contributed by atoms with Gasteiger partial charge in [-0.15, -0.1) is 0 Å². The monoisotopic (exact) mass is 582 g/mol. The molecule has 2 heterocycles. The zero-order valence-electron chi connectivity index (χ0n) is 18.5. The molecule has 0 radical (unpaired) electrons. The summed E-state index contributed by atoms with van der Waals surface area (Å²) in [5, 5.41) is 0. The number of fused-ring (bicyclic) bond motifs is 3. The topological polar surface area (TPSA) is 61.8 Å². The van der Waals surface area contributed by atoms with Gasteiger partial charge in [0.2, 0.25) is 0 Å². The zero-order valence-corrected chi connectivity index (χ0v) is 22.7. The first-order valence-corrected chi connectivity index (χ1v) is 15.9. The molecule has 5 nitrogen and oxygen atoms in total. The van der Waals surface area contributed by atoms with Crippen LogP contribution in [-0.2, 0) is 25.4 Å². The molecular formula is C24H28Br2O5Si. The van der Waals surface area contributed by atoms with Gasteiger partial charge in [-0.1, -0.05) is 43.5 Å². The van der Waals surface area contributed by atoms with E-state index in [1.807, 2.05) is 18.2 Å². The quantitative estimate of drug-likeness (QED) is 0.264. The Balaban J connectivity index is 1.89. The number of carbonyl (C=O) groups excluding carboxylic acids is 2. The third-order valence-corrected chi connectivity index (χ3v) is 7.52. The lowest BCUT2D eigenvalue weighted by atomic mass is 9.91. The van der Waals surface area contributed by atoms with Gasteiger partial charge in [-0.25, -0.2) is 9.59 Å². The third-order valence-electron chi connectivity index (χ3n) is 5.43. The Labute approximate surface area is 207 Å². The van der Waals surface area contributed by atoms with Crippen LogP contribution in [0.5, 0.6) is 0 Å². The van der Waals surface area contributed by atoms with E-state index in [1.165, 1.54) is 0 Å². The van der Waals surface area contributed by atoms with E-state index in [4.69, 9.17) is 14.2 Å². The zero-order chi connectivity index (χ0) is 23.3. The Morgan fingerprint density at radius 2 is 2.00 bits per heavy atom. The fourth-order valence-electron chi connectivity index (χ4n) is 4.15. The fraction of sp³-hybridized carbons (Fsp3) is 0.500. The van der Waals surface area contributed by atoms with Crippen molar-refractivity contribution in [3.8, 4) is 10.8 Å². The third kappa shape index (κ3) is 7.31. The average Bonchev–Trinajstić information content (AvgIpc) is 2.66. The number of hydrogen-bond donors (Lipinski definition) is 0. The Hall–Kier alpha value is -1.40. The maximum absolute atomic E-state index is 13.1. The molecule has 2 bridgehead atoms. The molecule has 4 atom stereocenters. The van der Waals surface area contributed by atoms with E-state index in [2.05, 4.69) is 74.0 Å². The van der Waals surface area contributed by atoms with Crippen molar-refractivity contribution in [2.24, 2.45) is 0 Å². The lowest BCUT2D eigenvalue weighted by Crippen LogP contribution is -2.41. The van der Waals surface area contributed by atoms with E-state index in [1.54, 1.807) is 0 Å². The van der Waals surface area contributed by atoms with Crippen LogP contribution in [-0.4, -0.2) is 44.4 Å². The molecule has 0 saturated carbocycles. The number of rotatable bonds is 4. The first-order chi connectivity index (χ1) is 15.1. The minimum absolute atomic E-state index is 0.166. The number of esters is 2. The van der Waals surface area contributed by atoms with Gasteiger partial charge in [0, 0.05) is 52.0 Å². The summed E-state index contributed by atoms with van der Waals surface area (Å²) in [7, 11) is -1.36. The lowest BCUT2D eigenvalue weighted by Gasteiger charge is -2.37. The molecule has 0 spiro atoms. The highest BCUT2D eigenvalue weighted by Gasteiger charge is 2.36. The van der Waals surface area contributed by atoms with Gasteiger partial charge in [0.25, 0.3) is 0 Å². The second-order valence-corrected chi connectivity index (χ2v) is 15.7. The number of ether oxygens (including phenoxy) is 3. The largest absolute Gasteiger partial charge is 0.458 e. The van der Waals surface area contributed by atoms with Gasteiger partial charge < -0.3 is 14.2 Å². The summed E-state index contributed by atoms with van der Waals surface area (Å²) in [5.74, 6) is 1.51. The smallest absolute Gasteiger partial charge is 0.385 e. The van der Waals surface area contributed by atoms with Gasteiger partial charge in [0.05, 0.1) is 25.8 Å². The molecule has 0 unspecified atom stereocenters. The van der Waals surface area contributed by atoms with Crippen LogP contribution in [0.3, 0.4) is 0 Å². The molecule has 2 aliphatic heterocycles. The number of benzene rings is 1.